The highest BCUT2D eigenvalue weighted by Crippen LogP contribution is 2.43. The van der Waals surface area contributed by atoms with Gasteiger partial charge in [-0.1, -0.05) is 12.8 Å². The molecule has 0 aromatic carbocycles. The van der Waals surface area contributed by atoms with E-state index in [1.165, 1.54) is 34.9 Å². The number of nitrogens with one attached hydrogen (secondary N) is 1. The zero-order valence-corrected chi connectivity index (χ0v) is 12.8. The lowest BCUT2D eigenvalue weighted by atomic mass is 9.92. The lowest BCUT2D eigenvalue weighted by molar-refractivity contribution is 0.268. The van der Waals surface area contributed by atoms with Crippen LogP contribution in [0.15, 0.2) is 24.7 Å². The highest BCUT2D eigenvalue weighted by molar-refractivity contribution is 5.98. The van der Waals surface area contributed by atoms with Crippen LogP contribution in [0.2, 0.25) is 0 Å². The van der Waals surface area contributed by atoms with E-state index in [-0.39, 0.29) is 5.54 Å². The normalized spacial score (nSPS) is 18.0. The van der Waals surface area contributed by atoms with Crippen LogP contribution in [-0.2, 0) is 12.0 Å². The van der Waals surface area contributed by atoms with Crippen molar-refractivity contribution >= 4 is 11.0 Å². The highest BCUT2D eigenvalue weighted by atomic mass is 15.3. The first-order chi connectivity index (χ1) is 11.3. The topological polar surface area (TPSA) is 70.3 Å². The Morgan fingerprint density at radius 2 is 2.17 bits per heavy atom. The fraction of sp³-hybridized carbons (Fsp3) is 0.389. The summed E-state index contributed by atoms with van der Waals surface area (Å²) >= 11 is 0. The van der Waals surface area contributed by atoms with Crippen LogP contribution in [-0.4, -0.2) is 19.7 Å². The van der Waals surface area contributed by atoms with Crippen LogP contribution in [0.5, 0.6) is 0 Å². The fourth-order valence-corrected chi connectivity index (χ4v) is 4.34. The monoisotopic (exact) mass is 303 g/mol. The molecule has 0 spiro atoms. The van der Waals surface area contributed by atoms with Gasteiger partial charge in [-0.05, 0) is 30.0 Å². The number of aromatic amines is 1. The molecule has 0 saturated heterocycles. The molecular formula is C18H17N5. The molecule has 2 aliphatic carbocycles. The molecule has 1 N–H and O–H groups in total. The van der Waals surface area contributed by atoms with Gasteiger partial charge in [0, 0.05) is 36.0 Å². The van der Waals surface area contributed by atoms with E-state index in [1.807, 2.05) is 12.4 Å². The lowest BCUT2D eigenvalue weighted by Crippen LogP contribution is -2.30. The van der Waals surface area contributed by atoms with E-state index < -0.39 is 0 Å². The predicted octanol–water partition coefficient (Wildman–Crippen LogP) is 3.51. The van der Waals surface area contributed by atoms with Crippen LogP contribution in [0.25, 0.3) is 22.2 Å². The Labute approximate surface area is 134 Å². The second kappa shape index (κ2) is 4.45. The Morgan fingerprint density at radius 3 is 3.00 bits per heavy atom. The third-order valence-electron chi connectivity index (χ3n) is 5.52. The van der Waals surface area contributed by atoms with Crippen LogP contribution in [0.4, 0.5) is 0 Å². The van der Waals surface area contributed by atoms with Crippen LogP contribution in [0, 0.1) is 11.3 Å². The molecule has 3 heterocycles. The molecule has 5 heteroatoms. The Hall–Kier alpha value is -2.61. The van der Waals surface area contributed by atoms with E-state index in [0.717, 1.165) is 30.6 Å². The summed E-state index contributed by atoms with van der Waals surface area (Å²) in [7, 11) is 0. The summed E-state index contributed by atoms with van der Waals surface area (Å²) in [6.07, 6.45) is 11.9. The van der Waals surface area contributed by atoms with Crippen LogP contribution >= 0.6 is 0 Å². The Morgan fingerprint density at radius 1 is 1.30 bits per heavy atom. The molecule has 0 bridgehead atoms. The van der Waals surface area contributed by atoms with Gasteiger partial charge in [-0.2, -0.15) is 10.4 Å². The van der Waals surface area contributed by atoms with Gasteiger partial charge in [-0.3, -0.25) is 4.68 Å². The van der Waals surface area contributed by atoms with Crippen molar-refractivity contribution in [1.29, 1.82) is 5.26 Å². The van der Waals surface area contributed by atoms with Gasteiger partial charge in [0.15, 0.2) is 0 Å². The molecule has 5 rings (SSSR count). The summed E-state index contributed by atoms with van der Waals surface area (Å²) in [4.78, 5) is 7.67. The number of hydrogen-bond donors (Lipinski definition) is 1. The maximum absolute atomic E-state index is 9.28. The van der Waals surface area contributed by atoms with Crippen molar-refractivity contribution in [1.82, 2.24) is 19.7 Å². The van der Waals surface area contributed by atoms with Crippen molar-refractivity contribution in [3.63, 3.8) is 0 Å². The van der Waals surface area contributed by atoms with Crippen LogP contribution < -0.4 is 0 Å². The van der Waals surface area contributed by atoms with Gasteiger partial charge in [0.05, 0.1) is 23.7 Å². The molecule has 0 atom stereocenters. The lowest BCUT2D eigenvalue weighted by Gasteiger charge is -2.26. The Bertz CT molecular complexity index is 950. The van der Waals surface area contributed by atoms with Crippen molar-refractivity contribution in [2.75, 3.05) is 0 Å². The van der Waals surface area contributed by atoms with Gasteiger partial charge in [-0.25, -0.2) is 4.98 Å². The number of pyridine rings is 1. The van der Waals surface area contributed by atoms with Gasteiger partial charge in [0.1, 0.15) is 5.65 Å². The first-order valence-electron chi connectivity index (χ1n) is 8.22. The summed E-state index contributed by atoms with van der Waals surface area (Å²) in [5.41, 5.74) is 5.64. The summed E-state index contributed by atoms with van der Waals surface area (Å²) < 4.78 is 2.11. The molecule has 0 unspecified atom stereocenters. The predicted molar refractivity (Wildman–Crippen MR) is 86.8 cm³/mol. The molecule has 0 aliphatic heterocycles. The smallest absolute Gasteiger partial charge is 0.138 e. The van der Waals surface area contributed by atoms with Crippen molar-refractivity contribution < 1.29 is 0 Å². The highest BCUT2D eigenvalue weighted by Gasteiger charge is 2.37. The average Bonchev–Trinajstić information content (AvgIpc) is 3.27. The molecule has 2 aliphatic rings. The third kappa shape index (κ3) is 1.66. The standard InChI is InChI=1S/C18H17N5/c19-7-6-18(4-1-2-5-18)23-11-14-13-3-8-20-17-16(13)12(10-21-17)9-15(14)22-23/h3,8,10-11H,1-2,4-6,9H2,(H,20,21). The SMILES string of the molecule is N#CCC1(n2cc3c(n2)Cc2c[nH]c4nccc-3c24)CCCC1. The van der Waals surface area contributed by atoms with Crippen molar-refractivity contribution in [2.45, 2.75) is 44.1 Å². The van der Waals surface area contributed by atoms with Crippen molar-refractivity contribution in [2.24, 2.45) is 0 Å². The first-order valence-corrected chi connectivity index (χ1v) is 8.22. The zero-order chi connectivity index (χ0) is 15.4. The van der Waals surface area contributed by atoms with E-state index in [2.05, 4.69) is 33.0 Å². The number of hydrogen-bond acceptors (Lipinski definition) is 3. The Kier molecular flexibility index (Phi) is 2.49. The molecule has 5 nitrogen and oxygen atoms in total. The zero-order valence-electron chi connectivity index (χ0n) is 12.8. The molecule has 3 aromatic heterocycles. The molecule has 114 valence electrons. The molecule has 3 aromatic rings. The number of nitrogens with zero attached hydrogens (tertiary/aromatic N) is 4. The minimum atomic E-state index is -0.103. The largest absolute Gasteiger partial charge is 0.346 e. The summed E-state index contributed by atoms with van der Waals surface area (Å²) in [6.45, 7) is 0. The summed E-state index contributed by atoms with van der Waals surface area (Å²) in [5.74, 6) is 0. The van der Waals surface area contributed by atoms with Crippen LogP contribution in [0.1, 0.15) is 43.4 Å². The minimum absolute atomic E-state index is 0.103. The van der Waals surface area contributed by atoms with E-state index in [9.17, 15) is 5.26 Å². The molecule has 1 saturated carbocycles. The molecule has 23 heavy (non-hydrogen) atoms. The summed E-state index contributed by atoms with van der Waals surface area (Å²) in [6, 6.07) is 4.46. The average molecular weight is 303 g/mol. The molecule has 0 radical (unpaired) electrons. The van der Waals surface area contributed by atoms with Gasteiger partial charge in [0.25, 0.3) is 0 Å². The van der Waals surface area contributed by atoms with Gasteiger partial charge >= 0.3 is 0 Å². The second-order valence-electron chi connectivity index (χ2n) is 6.77. The van der Waals surface area contributed by atoms with Crippen LogP contribution in [0.3, 0.4) is 0 Å². The number of rotatable bonds is 2. The molecule has 0 amide bonds. The maximum Gasteiger partial charge on any atom is 0.138 e. The van der Waals surface area contributed by atoms with Crippen molar-refractivity contribution in [3.05, 3.63) is 35.9 Å². The number of aromatic nitrogens is 4. The number of fused-ring (bicyclic) bond motifs is 2. The fourth-order valence-electron chi connectivity index (χ4n) is 4.34. The van der Waals surface area contributed by atoms with E-state index in [1.54, 1.807) is 0 Å². The third-order valence-corrected chi connectivity index (χ3v) is 5.52. The van der Waals surface area contributed by atoms with E-state index in [4.69, 9.17) is 5.10 Å². The first kappa shape index (κ1) is 12.9. The van der Waals surface area contributed by atoms with Crippen molar-refractivity contribution in [3.8, 4) is 17.2 Å². The number of nitriles is 1. The maximum atomic E-state index is 9.28. The van der Waals surface area contributed by atoms with Gasteiger partial charge in [-0.15, -0.1) is 0 Å². The molecular weight excluding hydrogens is 286 g/mol. The van der Waals surface area contributed by atoms with E-state index >= 15 is 0 Å². The summed E-state index contributed by atoms with van der Waals surface area (Å²) in [5, 5.41) is 15.4. The second-order valence-corrected chi connectivity index (χ2v) is 6.77. The number of H-pyrrole nitrogens is 1. The van der Waals surface area contributed by atoms with Gasteiger partial charge in [0.2, 0.25) is 0 Å². The molecule has 1 fully saturated rings. The van der Waals surface area contributed by atoms with E-state index in [0.29, 0.717) is 6.42 Å². The van der Waals surface area contributed by atoms with Gasteiger partial charge < -0.3 is 4.98 Å². The Balaban J connectivity index is 1.70. The minimum Gasteiger partial charge on any atom is -0.346 e. The quantitative estimate of drug-likeness (QED) is 0.616.